The van der Waals surface area contributed by atoms with Gasteiger partial charge in [0.1, 0.15) is 17.3 Å². The number of aromatic nitrogens is 2. The smallest absolute Gasteiger partial charge is 0.259 e. The van der Waals surface area contributed by atoms with Gasteiger partial charge >= 0.3 is 0 Å². The molecule has 3 amide bonds. The highest BCUT2D eigenvalue weighted by atomic mass is 35.5. The van der Waals surface area contributed by atoms with Crippen molar-refractivity contribution in [3.63, 3.8) is 0 Å². The third-order valence-corrected chi connectivity index (χ3v) is 9.09. The SMILES string of the molecule is COc1c(-c2cccc3[nH]c(CN(C)C)nc23)ccc(C(=O)N(C)c2ccc(C)cc2OCCCCCC(=O)N2CCN(C)CC2)c1C(N)=O.Cl.Cl.Cl. The molecule has 2 heterocycles. The molecule has 0 atom stereocenters. The van der Waals surface area contributed by atoms with Gasteiger partial charge in [0.25, 0.3) is 11.8 Å². The number of ether oxygens (including phenoxy) is 2. The van der Waals surface area contributed by atoms with Crippen LogP contribution in [0.1, 0.15) is 57.8 Å². The van der Waals surface area contributed by atoms with Crippen molar-refractivity contribution in [3.8, 4) is 22.6 Å². The number of aryl methyl sites for hydroxylation is 1. The summed E-state index contributed by atoms with van der Waals surface area (Å²) in [6, 6.07) is 14.8. The Hall–Kier alpha value is -4.07. The maximum atomic E-state index is 14.1. The lowest BCUT2D eigenvalue weighted by atomic mass is 9.95. The highest BCUT2D eigenvalue weighted by Crippen LogP contribution is 2.39. The molecule has 0 unspecified atom stereocenters. The van der Waals surface area contributed by atoms with Crippen LogP contribution in [0.15, 0.2) is 48.5 Å². The number of aromatic amines is 1. The zero-order valence-corrected chi connectivity index (χ0v) is 33.7. The molecule has 290 valence electrons. The predicted octanol–water partition coefficient (Wildman–Crippen LogP) is 5.96. The van der Waals surface area contributed by atoms with Crippen molar-refractivity contribution in [3.05, 3.63) is 71.0 Å². The average molecular weight is 793 g/mol. The topological polar surface area (TPSA) is 137 Å². The summed E-state index contributed by atoms with van der Waals surface area (Å²) in [6.45, 7) is 6.43. The van der Waals surface area contributed by atoms with Gasteiger partial charge in [0.2, 0.25) is 5.91 Å². The van der Waals surface area contributed by atoms with Gasteiger partial charge < -0.3 is 39.8 Å². The lowest BCUT2D eigenvalue weighted by Crippen LogP contribution is -2.47. The molecule has 1 fully saturated rings. The van der Waals surface area contributed by atoms with Crippen molar-refractivity contribution in [2.75, 3.05) is 73.0 Å². The first-order valence-electron chi connectivity index (χ1n) is 17.1. The summed E-state index contributed by atoms with van der Waals surface area (Å²) in [5.41, 5.74) is 10.5. The molecule has 5 rings (SSSR count). The summed E-state index contributed by atoms with van der Waals surface area (Å²) in [5.74, 6) is 0.547. The largest absolute Gasteiger partial charge is 0.495 e. The number of H-pyrrole nitrogens is 1. The second-order valence-electron chi connectivity index (χ2n) is 13.2. The quantitative estimate of drug-likeness (QED) is 0.149. The monoisotopic (exact) mass is 791 g/mol. The van der Waals surface area contributed by atoms with E-state index in [0.29, 0.717) is 36.6 Å². The highest BCUT2D eigenvalue weighted by Gasteiger charge is 2.28. The molecule has 0 bridgehead atoms. The minimum absolute atomic E-state index is 0. The number of benzene rings is 3. The molecule has 53 heavy (non-hydrogen) atoms. The van der Waals surface area contributed by atoms with Crippen LogP contribution in [0, 0.1) is 6.92 Å². The number of primary amides is 1. The zero-order valence-electron chi connectivity index (χ0n) is 31.3. The van der Waals surface area contributed by atoms with E-state index in [4.69, 9.17) is 20.2 Å². The number of hydrogen-bond acceptors (Lipinski definition) is 8. The Morgan fingerprint density at radius 1 is 0.925 bits per heavy atom. The number of piperazine rings is 1. The number of likely N-dealkylation sites (N-methyl/N-ethyl adjacent to an activating group) is 1. The van der Waals surface area contributed by atoms with Gasteiger partial charge in [0.15, 0.2) is 0 Å². The number of hydrogen-bond donors (Lipinski definition) is 2. The summed E-state index contributed by atoms with van der Waals surface area (Å²) >= 11 is 0. The number of para-hydroxylation sites is 1. The number of rotatable bonds is 14. The van der Waals surface area contributed by atoms with E-state index in [1.54, 1.807) is 19.2 Å². The van der Waals surface area contributed by atoms with Crippen molar-refractivity contribution < 1.29 is 23.9 Å². The lowest BCUT2D eigenvalue weighted by Gasteiger charge is -2.32. The Labute approximate surface area is 330 Å². The Morgan fingerprint density at radius 2 is 1.64 bits per heavy atom. The minimum Gasteiger partial charge on any atom is -0.495 e. The van der Waals surface area contributed by atoms with Crippen LogP contribution < -0.4 is 20.1 Å². The Balaban J connectivity index is 0.00000324. The van der Waals surface area contributed by atoms with E-state index < -0.39 is 11.8 Å². The number of unbranched alkanes of at least 4 members (excludes halogenated alkanes) is 2. The fourth-order valence-corrected chi connectivity index (χ4v) is 6.36. The first-order chi connectivity index (χ1) is 24.0. The summed E-state index contributed by atoms with van der Waals surface area (Å²) < 4.78 is 12.0. The van der Waals surface area contributed by atoms with Crippen LogP contribution in [0.5, 0.6) is 11.5 Å². The number of carbonyl (C=O) groups excluding carboxylic acids is 3. The molecule has 3 aromatic carbocycles. The van der Waals surface area contributed by atoms with Gasteiger partial charge in [0, 0.05) is 50.8 Å². The van der Waals surface area contributed by atoms with Crippen LogP contribution in [-0.4, -0.2) is 110 Å². The van der Waals surface area contributed by atoms with E-state index in [0.717, 1.165) is 73.4 Å². The van der Waals surface area contributed by atoms with Crippen molar-refractivity contribution in [1.82, 2.24) is 24.7 Å². The van der Waals surface area contributed by atoms with Gasteiger partial charge in [-0.1, -0.05) is 18.2 Å². The van der Waals surface area contributed by atoms with Crippen LogP contribution in [0.3, 0.4) is 0 Å². The maximum absolute atomic E-state index is 14.1. The molecule has 0 radical (unpaired) electrons. The number of fused-ring (bicyclic) bond motifs is 1. The first kappa shape index (κ1) is 45.1. The van der Waals surface area contributed by atoms with Gasteiger partial charge in [-0.15, -0.1) is 37.2 Å². The molecule has 4 aromatic rings. The fourth-order valence-electron chi connectivity index (χ4n) is 6.36. The summed E-state index contributed by atoms with van der Waals surface area (Å²) in [6.07, 6.45) is 2.96. The van der Waals surface area contributed by atoms with E-state index in [2.05, 4.69) is 16.9 Å². The number of imidazole rings is 1. The molecule has 1 aliphatic rings. The molecule has 1 aromatic heterocycles. The zero-order chi connectivity index (χ0) is 35.9. The third kappa shape index (κ3) is 10.8. The average Bonchev–Trinajstić information content (AvgIpc) is 3.50. The minimum atomic E-state index is -0.783. The van der Waals surface area contributed by atoms with Crippen LogP contribution in [0.25, 0.3) is 22.2 Å². The molecule has 0 spiro atoms. The molecular weight excluding hydrogens is 741 g/mol. The maximum Gasteiger partial charge on any atom is 0.259 e. The number of halogens is 3. The number of anilines is 1. The second-order valence-corrected chi connectivity index (χ2v) is 13.2. The fraction of sp³-hybridized carbons (Fsp3) is 0.421. The van der Waals surface area contributed by atoms with E-state index >= 15 is 0 Å². The number of nitrogens with one attached hydrogen (secondary N) is 1. The summed E-state index contributed by atoms with van der Waals surface area (Å²) in [4.78, 5) is 55.5. The summed E-state index contributed by atoms with van der Waals surface area (Å²) in [5, 5.41) is 0. The van der Waals surface area contributed by atoms with Crippen molar-refractivity contribution in [2.24, 2.45) is 5.73 Å². The van der Waals surface area contributed by atoms with Crippen LogP contribution >= 0.6 is 37.2 Å². The Morgan fingerprint density at radius 3 is 2.30 bits per heavy atom. The first-order valence-corrected chi connectivity index (χ1v) is 17.1. The van der Waals surface area contributed by atoms with Gasteiger partial charge in [0.05, 0.1) is 48.1 Å². The van der Waals surface area contributed by atoms with Gasteiger partial charge in [-0.3, -0.25) is 14.4 Å². The molecule has 15 heteroatoms. The number of methoxy groups -OCH3 is 1. The lowest BCUT2D eigenvalue weighted by molar-refractivity contribution is -0.132. The second kappa shape index (κ2) is 20.4. The molecule has 12 nitrogen and oxygen atoms in total. The van der Waals surface area contributed by atoms with E-state index in [-0.39, 0.29) is 60.0 Å². The molecule has 1 saturated heterocycles. The summed E-state index contributed by atoms with van der Waals surface area (Å²) in [7, 11) is 9.12. The molecule has 1 aliphatic heterocycles. The predicted molar refractivity (Wildman–Crippen MR) is 218 cm³/mol. The van der Waals surface area contributed by atoms with Crippen molar-refractivity contribution >= 4 is 71.7 Å². The van der Waals surface area contributed by atoms with Crippen LogP contribution in [0.4, 0.5) is 5.69 Å². The van der Waals surface area contributed by atoms with Crippen molar-refractivity contribution in [2.45, 2.75) is 39.2 Å². The Bertz CT molecular complexity index is 1860. The third-order valence-electron chi connectivity index (χ3n) is 9.09. The number of nitrogens with zero attached hydrogens (tertiary/aromatic N) is 5. The van der Waals surface area contributed by atoms with E-state index in [1.165, 1.54) is 12.0 Å². The van der Waals surface area contributed by atoms with Gasteiger partial charge in [-0.25, -0.2) is 4.98 Å². The Kier molecular flexibility index (Phi) is 17.4. The standard InChI is InChI=1S/C38H49N7O5.3ClH/c1-25-14-17-30(31(23-25)50-22-9-7-8-13-33(46)45-20-18-43(4)19-21-45)44(5)38(48)28-16-15-27(36(49-6)34(28)37(39)47)26-11-10-12-29-35(26)41-32(40-29)24-42(2)3;;;/h10-12,14-17,23H,7-9,13,18-22,24H2,1-6H3,(H2,39,47)(H,40,41);3*1H. The molecule has 3 N–H and O–H groups in total. The van der Waals surface area contributed by atoms with Crippen molar-refractivity contribution in [1.29, 1.82) is 0 Å². The van der Waals surface area contributed by atoms with Crippen LogP contribution in [-0.2, 0) is 11.3 Å². The van der Waals surface area contributed by atoms with E-state index in [9.17, 15) is 14.4 Å². The normalized spacial score (nSPS) is 12.8. The molecular formula is C38H52Cl3N7O5. The number of nitrogens with two attached hydrogens (primary N) is 1. The van der Waals surface area contributed by atoms with Gasteiger partial charge in [-0.2, -0.15) is 0 Å². The molecule has 0 aliphatic carbocycles. The van der Waals surface area contributed by atoms with E-state index in [1.807, 2.05) is 67.2 Å². The number of amides is 3. The number of carbonyl (C=O) groups is 3. The van der Waals surface area contributed by atoms with Crippen LogP contribution in [0.2, 0.25) is 0 Å². The van der Waals surface area contributed by atoms with Gasteiger partial charge in [-0.05, 0) is 83.2 Å². The molecule has 0 saturated carbocycles. The highest BCUT2D eigenvalue weighted by molar-refractivity contribution is 6.15.